The van der Waals surface area contributed by atoms with Crippen LogP contribution in [0.3, 0.4) is 0 Å². The van der Waals surface area contributed by atoms with Crippen molar-refractivity contribution in [1.82, 2.24) is 0 Å². The summed E-state index contributed by atoms with van der Waals surface area (Å²) in [4.78, 5) is 0. The molecule has 4 heteroatoms. The zero-order valence-corrected chi connectivity index (χ0v) is 9.80. The first-order chi connectivity index (χ1) is 7.16. The predicted octanol–water partition coefficient (Wildman–Crippen LogP) is 2.91. The van der Waals surface area contributed by atoms with Crippen molar-refractivity contribution in [3.8, 4) is 0 Å². The molecule has 82 valence electrons. The van der Waals surface area contributed by atoms with Gasteiger partial charge in [0.25, 0.3) is 0 Å². The molecule has 2 N–H and O–H groups in total. The van der Waals surface area contributed by atoms with Gasteiger partial charge in [-0.05, 0) is 53.4 Å². The summed E-state index contributed by atoms with van der Waals surface area (Å²) < 4.78 is 13.8. The molecule has 1 fully saturated rings. The van der Waals surface area contributed by atoms with Crippen molar-refractivity contribution in [2.75, 3.05) is 5.32 Å². The van der Waals surface area contributed by atoms with E-state index in [0.717, 1.165) is 23.7 Å². The normalized spacial score (nSPS) is 25.5. The molecular formula is C11H13BrFNO. The number of anilines is 1. The minimum atomic E-state index is -0.319. The Labute approximate surface area is 96.6 Å². The van der Waals surface area contributed by atoms with Gasteiger partial charge in [0.05, 0.1) is 17.8 Å². The number of halogens is 2. The van der Waals surface area contributed by atoms with E-state index >= 15 is 0 Å². The SMILES string of the molecule is O[C@H]1CCC[C@@H]1Nc1cc(F)ccc1Br. The molecule has 0 spiro atoms. The van der Waals surface area contributed by atoms with Gasteiger partial charge in [-0.2, -0.15) is 0 Å². The van der Waals surface area contributed by atoms with Crippen LogP contribution in [-0.4, -0.2) is 17.3 Å². The molecule has 1 aliphatic rings. The van der Waals surface area contributed by atoms with E-state index in [2.05, 4.69) is 21.2 Å². The summed E-state index contributed by atoms with van der Waals surface area (Å²) in [6.07, 6.45) is 2.46. The molecule has 2 atom stereocenters. The lowest BCUT2D eigenvalue weighted by Gasteiger charge is -2.18. The fourth-order valence-corrected chi connectivity index (χ4v) is 2.28. The molecule has 15 heavy (non-hydrogen) atoms. The summed E-state index contributed by atoms with van der Waals surface area (Å²) in [5.74, 6) is -0.270. The second-order valence-corrected chi connectivity index (χ2v) is 4.73. The molecular weight excluding hydrogens is 261 g/mol. The van der Waals surface area contributed by atoms with Crippen LogP contribution >= 0.6 is 15.9 Å². The zero-order valence-electron chi connectivity index (χ0n) is 8.21. The maximum absolute atomic E-state index is 13.0. The molecule has 0 bridgehead atoms. The van der Waals surface area contributed by atoms with Gasteiger partial charge in [-0.1, -0.05) is 0 Å². The topological polar surface area (TPSA) is 32.3 Å². The van der Waals surface area contributed by atoms with E-state index in [9.17, 15) is 9.50 Å². The molecule has 1 aromatic rings. The summed E-state index contributed by atoms with van der Waals surface area (Å²) in [7, 11) is 0. The molecule has 1 aromatic carbocycles. The van der Waals surface area contributed by atoms with Crippen LogP contribution < -0.4 is 5.32 Å². The Kier molecular flexibility index (Phi) is 3.26. The van der Waals surface area contributed by atoms with Crippen LogP contribution in [0.4, 0.5) is 10.1 Å². The maximum atomic E-state index is 13.0. The zero-order chi connectivity index (χ0) is 10.8. The first-order valence-electron chi connectivity index (χ1n) is 5.06. The number of aliphatic hydroxyl groups excluding tert-OH is 1. The van der Waals surface area contributed by atoms with Gasteiger partial charge >= 0.3 is 0 Å². The summed E-state index contributed by atoms with van der Waals surface area (Å²) in [5.41, 5.74) is 0.709. The lowest BCUT2D eigenvalue weighted by atomic mass is 10.2. The number of rotatable bonds is 2. The smallest absolute Gasteiger partial charge is 0.125 e. The highest BCUT2D eigenvalue weighted by molar-refractivity contribution is 9.10. The lowest BCUT2D eigenvalue weighted by molar-refractivity contribution is 0.172. The van der Waals surface area contributed by atoms with Crippen molar-refractivity contribution < 1.29 is 9.50 Å². The van der Waals surface area contributed by atoms with E-state index in [1.165, 1.54) is 12.1 Å². The van der Waals surface area contributed by atoms with Crippen molar-refractivity contribution in [3.05, 3.63) is 28.5 Å². The summed E-state index contributed by atoms with van der Waals surface area (Å²) in [5, 5.41) is 12.8. The maximum Gasteiger partial charge on any atom is 0.125 e. The Morgan fingerprint density at radius 3 is 2.87 bits per heavy atom. The van der Waals surface area contributed by atoms with Gasteiger partial charge in [-0.15, -0.1) is 0 Å². The standard InChI is InChI=1S/C11H13BrFNO/c12-8-5-4-7(13)6-10(8)14-9-2-1-3-11(9)15/h4-6,9,11,14-15H,1-3H2/t9-,11-/m0/s1. The Balaban J connectivity index is 2.12. The molecule has 2 nitrogen and oxygen atoms in total. The molecule has 1 saturated carbocycles. The first kappa shape index (κ1) is 10.9. The highest BCUT2D eigenvalue weighted by Gasteiger charge is 2.25. The van der Waals surface area contributed by atoms with Gasteiger partial charge in [0, 0.05) is 4.47 Å². The quantitative estimate of drug-likeness (QED) is 0.869. The van der Waals surface area contributed by atoms with Crippen molar-refractivity contribution >= 4 is 21.6 Å². The van der Waals surface area contributed by atoms with Gasteiger partial charge in [-0.3, -0.25) is 0 Å². The number of hydrogen-bond acceptors (Lipinski definition) is 2. The van der Waals surface area contributed by atoms with Crippen LogP contribution in [0.1, 0.15) is 19.3 Å². The minimum absolute atomic E-state index is 0.0445. The lowest BCUT2D eigenvalue weighted by Crippen LogP contribution is -2.28. The van der Waals surface area contributed by atoms with Crippen LogP contribution in [-0.2, 0) is 0 Å². The molecule has 0 unspecified atom stereocenters. The summed E-state index contributed by atoms with van der Waals surface area (Å²) in [6.45, 7) is 0. The second-order valence-electron chi connectivity index (χ2n) is 3.87. The van der Waals surface area contributed by atoms with Crippen molar-refractivity contribution in [2.24, 2.45) is 0 Å². The van der Waals surface area contributed by atoms with Crippen LogP contribution in [0.2, 0.25) is 0 Å². The van der Waals surface area contributed by atoms with Gasteiger partial charge in [0.1, 0.15) is 5.82 Å². The van der Waals surface area contributed by atoms with Crippen molar-refractivity contribution in [3.63, 3.8) is 0 Å². The van der Waals surface area contributed by atoms with Gasteiger partial charge < -0.3 is 10.4 Å². The number of hydrogen-bond donors (Lipinski definition) is 2. The average molecular weight is 274 g/mol. The highest BCUT2D eigenvalue weighted by atomic mass is 79.9. The minimum Gasteiger partial charge on any atom is -0.391 e. The third kappa shape index (κ3) is 2.49. The average Bonchev–Trinajstić information content (AvgIpc) is 2.58. The third-order valence-electron chi connectivity index (χ3n) is 2.75. The Hall–Kier alpha value is -0.610. The molecule has 0 heterocycles. The first-order valence-corrected chi connectivity index (χ1v) is 5.86. The van der Waals surface area contributed by atoms with E-state index in [-0.39, 0.29) is 18.0 Å². The summed E-state index contributed by atoms with van der Waals surface area (Å²) in [6, 6.07) is 4.55. The van der Waals surface area contributed by atoms with Gasteiger partial charge in [-0.25, -0.2) is 4.39 Å². The monoisotopic (exact) mass is 273 g/mol. The molecule has 2 rings (SSSR count). The fourth-order valence-electron chi connectivity index (χ4n) is 1.92. The van der Waals surface area contributed by atoms with Crippen LogP contribution in [0.15, 0.2) is 22.7 Å². The molecule has 0 aromatic heterocycles. The molecule has 0 radical (unpaired) electrons. The van der Waals surface area contributed by atoms with Crippen LogP contribution in [0, 0.1) is 5.82 Å². The largest absolute Gasteiger partial charge is 0.391 e. The van der Waals surface area contributed by atoms with Crippen LogP contribution in [0.5, 0.6) is 0 Å². The van der Waals surface area contributed by atoms with E-state index in [0.29, 0.717) is 5.69 Å². The van der Waals surface area contributed by atoms with Crippen molar-refractivity contribution in [2.45, 2.75) is 31.4 Å². The number of benzene rings is 1. The molecule has 1 aliphatic carbocycles. The van der Waals surface area contributed by atoms with E-state index in [1.807, 2.05) is 0 Å². The van der Waals surface area contributed by atoms with Crippen molar-refractivity contribution in [1.29, 1.82) is 0 Å². The molecule has 0 amide bonds. The second kappa shape index (κ2) is 4.49. The van der Waals surface area contributed by atoms with Gasteiger partial charge in [0.15, 0.2) is 0 Å². The Morgan fingerprint density at radius 2 is 2.20 bits per heavy atom. The highest BCUT2D eigenvalue weighted by Crippen LogP contribution is 2.28. The fraction of sp³-hybridized carbons (Fsp3) is 0.455. The summed E-state index contributed by atoms with van der Waals surface area (Å²) >= 11 is 3.35. The Morgan fingerprint density at radius 1 is 1.40 bits per heavy atom. The number of aliphatic hydroxyl groups is 1. The van der Waals surface area contributed by atoms with Crippen LogP contribution in [0.25, 0.3) is 0 Å². The third-order valence-corrected chi connectivity index (χ3v) is 3.44. The van der Waals surface area contributed by atoms with E-state index < -0.39 is 0 Å². The van der Waals surface area contributed by atoms with Gasteiger partial charge in [0.2, 0.25) is 0 Å². The van der Waals surface area contributed by atoms with E-state index in [1.54, 1.807) is 6.07 Å². The molecule has 0 aliphatic heterocycles. The van der Waals surface area contributed by atoms with E-state index in [4.69, 9.17) is 0 Å². The number of nitrogens with one attached hydrogen (secondary N) is 1. The molecule has 0 saturated heterocycles. The Bertz CT molecular complexity index is 358. The predicted molar refractivity (Wildman–Crippen MR) is 61.4 cm³/mol.